The van der Waals surface area contributed by atoms with Crippen molar-refractivity contribution in [2.45, 2.75) is 30.8 Å². The Kier molecular flexibility index (Phi) is 2.40. The molecule has 1 saturated carbocycles. The van der Waals surface area contributed by atoms with Crippen LogP contribution in [0.1, 0.15) is 18.5 Å². The number of aryl methyl sites for hydroxylation is 1. The van der Waals surface area contributed by atoms with Crippen LogP contribution in [0.4, 0.5) is 0 Å². The Hall–Kier alpha value is -1.14. The molecule has 0 atom stereocenters. The molecule has 1 heterocycles. The van der Waals surface area contributed by atoms with Crippen LogP contribution in [0.3, 0.4) is 0 Å². The molecule has 1 aliphatic rings. The highest BCUT2D eigenvalue weighted by atomic mass is 32.2. The van der Waals surface area contributed by atoms with E-state index in [0.717, 1.165) is 12.8 Å². The van der Waals surface area contributed by atoms with Crippen molar-refractivity contribution in [3.05, 3.63) is 18.0 Å². The number of nitrogens with zero attached hydrogens (tertiary/aromatic N) is 1. The second kappa shape index (κ2) is 3.46. The molecular weight excluding hydrogens is 216 g/mol. The van der Waals surface area contributed by atoms with Gasteiger partial charge in [0.1, 0.15) is 10.6 Å². The fourth-order valence-electron chi connectivity index (χ4n) is 1.14. The minimum absolute atomic E-state index is 0.0104. The lowest BCUT2D eigenvalue weighted by Gasteiger charge is -2.08. The van der Waals surface area contributed by atoms with Gasteiger partial charge in [-0.1, -0.05) is 0 Å². The number of hydrogen-bond acceptors (Lipinski definition) is 4. The number of ether oxygens (including phenoxy) is 1. The van der Waals surface area contributed by atoms with Crippen molar-refractivity contribution in [2.75, 3.05) is 0 Å². The van der Waals surface area contributed by atoms with Gasteiger partial charge in [-0.25, -0.2) is 13.6 Å². The van der Waals surface area contributed by atoms with Crippen molar-refractivity contribution in [3.63, 3.8) is 0 Å². The van der Waals surface area contributed by atoms with E-state index in [2.05, 4.69) is 4.98 Å². The molecule has 6 heteroatoms. The van der Waals surface area contributed by atoms with Gasteiger partial charge in [0.05, 0.1) is 11.8 Å². The van der Waals surface area contributed by atoms with Gasteiger partial charge in [-0.3, -0.25) is 4.98 Å². The summed E-state index contributed by atoms with van der Waals surface area (Å²) in [4.78, 5) is 3.93. The van der Waals surface area contributed by atoms with Gasteiger partial charge in [-0.05, 0) is 19.8 Å². The highest BCUT2D eigenvalue weighted by molar-refractivity contribution is 7.89. The maximum atomic E-state index is 11.1. The van der Waals surface area contributed by atoms with Gasteiger partial charge in [-0.15, -0.1) is 0 Å². The van der Waals surface area contributed by atoms with E-state index in [1.165, 1.54) is 12.3 Å². The average molecular weight is 228 g/mol. The summed E-state index contributed by atoms with van der Waals surface area (Å²) in [6.07, 6.45) is 3.48. The molecule has 0 saturated heterocycles. The Bertz CT molecular complexity index is 480. The minimum Gasteiger partial charge on any atom is -0.488 e. The third-order valence-electron chi connectivity index (χ3n) is 2.16. The van der Waals surface area contributed by atoms with E-state index in [4.69, 9.17) is 9.88 Å². The second-order valence-corrected chi connectivity index (χ2v) is 5.18. The predicted octanol–water partition coefficient (Wildman–Crippen LogP) is 0.579. The summed E-state index contributed by atoms with van der Waals surface area (Å²) < 4.78 is 27.7. The number of hydrogen-bond donors (Lipinski definition) is 1. The van der Waals surface area contributed by atoms with Crippen LogP contribution in [-0.4, -0.2) is 19.5 Å². The summed E-state index contributed by atoms with van der Waals surface area (Å²) in [7, 11) is -3.70. The molecule has 0 amide bonds. The Morgan fingerprint density at radius 2 is 2.20 bits per heavy atom. The molecule has 1 aliphatic carbocycles. The number of sulfonamides is 1. The number of primary sulfonamides is 1. The molecule has 15 heavy (non-hydrogen) atoms. The van der Waals surface area contributed by atoms with Gasteiger partial charge in [0, 0.05) is 12.3 Å². The molecule has 0 unspecified atom stereocenters. The zero-order valence-electron chi connectivity index (χ0n) is 8.30. The van der Waals surface area contributed by atoms with E-state index >= 15 is 0 Å². The number of nitrogens with two attached hydrogens (primary N) is 1. The molecule has 0 aromatic carbocycles. The molecule has 5 nitrogen and oxygen atoms in total. The van der Waals surface area contributed by atoms with E-state index in [1.54, 1.807) is 6.92 Å². The molecule has 0 aliphatic heterocycles. The zero-order chi connectivity index (χ0) is 11.1. The van der Waals surface area contributed by atoms with E-state index < -0.39 is 10.0 Å². The van der Waals surface area contributed by atoms with Crippen LogP contribution in [0.25, 0.3) is 0 Å². The quantitative estimate of drug-likeness (QED) is 0.820. The van der Waals surface area contributed by atoms with Gasteiger partial charge < -0.3 is 4.74 Å². The van der Waals surface area contributed by atoms with Crippen LogP contribution < -0.4 is 9.88 Å². The molecule has 1 fully saturated rings. The molecule has 0 radical (unpaired) electrons. The third kappa shape index (κ3) is 2.45. The lowest BCUT2D eigenvalue weighted by molar-refractivity contribution is 0.298. The average Bonchev–Trinajstić information content (AvgIpc) is 2.90. The van der Waals surface area contributed by atoms with Crippen LogP contribution in [0.2, 0.25) is 0 Å². The van der Waals surface area contributed by atoms with Gasteiger partial charge in [0.25, 0.3) is 0 Å². The van der Waals surface area contributed by atoms with Crippen molar-refractivity contribution < 1.29 is 13.2 Å². The number of pyridine rings is 1. The van der Waals surface area contributed by atoms with Crippen LogP contribution in [0.5, 0.6) is 5.75 Å². The predicted molar refractivity (Wildman–Crippen MR) is 54.0 cm³/mol. The first-order valence-electron chi connectivity index (χ1n) is 4.63. The molecule has 2 rings (SSSR count). The summed E-state index contributed by atoms with van der Waals surface area (Å²) in [5.74, 6) is 0.504. The molecule has 0 spiro atoms. The van der Waals surface area contributed by atoms with Crippen molar-refractivity contribution in [1.82, 2.24) is 4.98 Å². The molecular formula is C9H12N2O3S. The van der Waals surface area contributed by atoms with Gasteiger partial charge >= 0.3 is 0 Å². The van der Waals surface area contributed by atoms with E-state index in [1.807, 2.05) is 0 Å². The van der Waals surface area contributed by atoms with Crippen LogP contribution >= 0.6 is 0 Å². The summed E-state index contributed by atoms with van der Waals surface area (Å²) in [6.45, 7) is 1.77. The first-order valence-corrected chi connectivity index (χ1v) is 6.17. The summed E-state index contributed by atoms with van der Waals surface area (Å²) in [5.41, 5.74) is 0.675. The maximum absolute atomic E-state index is 11.1. The van der Waals surface area contributed by atoms with Crippen molar-refractivity contribution >= 4 is 10.0 Å². The Labute approximate surface area is 88.3 Å². The van der Waals surface area contributed by atoms with E-state index in [0.29, 0.717) is 11.4 Å². The lowest BCUT2D eigenvalue weighted by atomic mass is 10.3. The van der Waals surface area contributed by atoms with Gasteiger partial charge in [0.2, 0.25) is 10.0 Å². The van der Waals surface area contributed by atoms with Crippen LogP contribution in [0, 0.1) is 6.92 Å². The zero-order valence-corrected chi connectivity index (χ0v) is 9.12. The molecule has 2 N–H and O–H groups in total. The Morgan fingerprint density at radius 1 is 1.53 bits per heavy atom. The number of aromatic nitrogens is 1. The number of rotatable bonds is 3. The normalized spacial score (nSPS) is 16.4. The van der Waals surface area contributed by atoms with E-state index in [-0.39, 0.29) is 11.0 Å². The van der Waals surface area contributed by atoms with E-state index in [9.17, 15) is 8.42 Å². The third-order valence-corrected chi connectivity index (χ3v) is 3.04. The fraction of sp³-hybridized carbons (Fsp3) is 0.444. The van der Waals surface area contributed by atoms with Gasteiger partial charge in [-0.2, -0.15) is 0 Å². The van der Waals surface area contributed by atoms with Crippen LogP contribution in [0.15, 0.2) is 17.2 Å². The SMILES string of the molecule is Cc1ncc(S(N)(=O)=O)cc1OC1CC1. The Balaban J connectivity index is 2.35. The molecule has 0 bridgehead atoms. The minimum atomic E-state index is -3.70. The lowest BCUT2D eigenvalue weighted by Crippen LogP contribution is -2.13. The highest BCUT2D eigenvalue weighted by Crippen LogP contribution is 2.29. The molecule has 82 valence electrons. The summed E-state index contributed by atoms with van der Waals surface area (Å²) in [6, 6.07) is 1.43. The molecule has 1 aromatic heterocycles. The van der Waals surface area contributed by atoms with Crippen LogP contribution in [-0.2, 0) is 10.0 Å². The van der Waals surface area contributed by atoms with Gasteiger partial charge in [0.15, 0.2) is 0 Å². The topological polar surface area (TPSA) is 82.3 Å². The Morgan fingerprint density at radius 3 is 2.73 bits per heavy atom. The summed E-state index contributed by atoms with van der Waals surface area (Å²) >= 11 is 0. The highest BCUT2D eigenvalue weighted by Gasteiger charge is 2.25. The first-order chi connectivity index (χ1) is 6.97. The molecule has 1 aromatic rings. The summed E-state index contributed by atoms with van der Waals surface area (Å²) in [5, 5.41) is 5.00. The largest absolute Gasteiger partial charge is 0.488 e. The fourth-order valence-corrected chi connectivity index (χ4v) is 1.61. The first kappa shape index (κ1) is 10.4. The smallest absolute Gasteiger partial charge is 0.239 e. The van der Waals surface area contributed by atoms with Crippen molar-refractivity contribution in [1.29, 1.82) is 0 Å². The second-order valence-electron chi connectivity index (χ2n) is 3.62. The van der Waals surface area contributed by atoms with Crippen molar-refractivity contribution in [2.24, 2.45) is 5.14 Å². The maximum Gasteiger partial charge on any atom is 0.239 e. The monoisotopic (exact) mass is 228 g/mol. The standard InChI is InChI=1S/C9H12N2O3S/c1-6-9(14-7-2-3-7)4-8(5-11-6)15(10,12)13/h4-5,7H,2-3H2,1H3,(H2,10,12,13). The van der Waals surface area contributed by atoms with Crippen molar-refractivity contribution in [3.8, 4) is 5.75 Å².